The number of aliphatic hydroxyl groups excluding tert-OH is 2. The van der Waals surface area contributed by atoms with Crippen molar-refractivity contribution in [3.05, 3.63) is 36.0 Å². The van der Waals surface area contributed by atoms with Crippen LogP contribution >= 0.6 is 0 Å². The van der Waals surface area contributed by atoms with E-state index in [1.165, 1.54) is 12.8 Å². The van der Waals surface area contributed by atoms with Crippen LogP contribution in [-0.2, 0) is 17.9 Å². The van der Waals surface area contributed by atoms with Gasteiger partial charge >= 0.3 is 0 Å². The van der Waals surface area contributed by atoms with Crippen molar-refractivity contribution in [2.75, 3.05) is 32.8 Å². The lowest BCUT2D eigenvalue weighted by molar-refractivity contribution is 0.0108. The fourth-order valence-corrected chi connectivity index (χ4v) is 4.11. The zero-order valence-corrected chi connectivity index (χ0v) is 16.9. The van der Waals surface area contributed by atoms with Gasteiger partial charge in [0.05, 0.1) is 44.3 Å². The van der Waals surface area contributed by atoms with Crippen molar-refractivity contribution in [1.29, 1.82) is 0 Å². The second-order valence-electron chi connectivity index (χ2n) is 7.99. The van der Waals surface area contributed by atoms with Crippen LogP contribution in [0.15, 0.2) is 30.5 Å². The van der Waals surface area contributed by atoms with E-state index in [-0.39, 0.29) is 12.7 Å². The predicted octanol–water partition coefficient (Wildman–Crippen LogP) is 2.06. The van der Waals surface area contributed by atoms with Crippen LogP contribution in [0.3, 0.4) is 0 Å². The summed E-state index contributed by atoms with van der Waals surface area (Å²) in [7, 11) is 0. The number of hydrogen-bond acceptors (Lipinski definition) is 6. The molecule has 7 nitrogen and oxygen atoms in total. The van der Waals surface area contributed by atoms with Crippen molar-refractivity contribution in [2.24, 2.45) is 0 Å². The lowest BCUT2D eigenvalue weighted by Gasteiger charge is -2.28. The molecule has 4 rings (SSSR count). The van der Waals surface area contributed by atoms with E-state index in [0.29, 0.717) is 13.1 Å². The van der Waals surface area contributed by atoms with Crippen LogP contribution < -0.4 is 4.74 Å². The van der Waals surface area contributed by atoms with E-state index in [0.717, 1.165) is 61.7 Å². The molecular formula is C22H31N3O4. The largest absolute Gasteiger partial charge is 0.490 e. The van der Waals surface area contributed by atoms with E-state index < -0.39 is 6.10 Å². The van der Waals surface area contributed by atoms with E-state index in [1.807, 2.05) is 30.5 Å². The molecule has 0 amide bonds. The summed E-state index contributed by atoms with van der Waals surface area (Å²) in [6, 6.07) is 7.80. The van der Waals surface area contributed by atoms with Gasteiger partial charge in [-0.15, -0.1) is 0 Å². The summed E-state index contributed by atoms with van der Waals surface area (Å²) in [5.41, 5.74) is 2.60. The third-order valence-electron chi connectivity index (χ3n) is 5.74. The quantitative estimate of drug-likeness (QED) is 0.705. The lowest BCUT2D eigenvalue weighted by Crippen LogP contribution is -2.42. The number of β-amino-alcohol motifs (C(OH)–C–C–N with tert-alkyl or cyclic N) is 1. The lowest BCUT2D eigenvalue weighted by atomic mass is 10.1. The number of rotatable bonds is 8. The minimum Gasteiger partial charge on any atom is -0.490 e. The van der Waals surface area contributed by atoms with E-state index in [2.05, 4.69) is 10.00 Å². The zero-order chi connectivity index (χ0) is 20.1. The van der Waals surface area contributed by atoms with Gasteiger partial charge in [-0.3, -0.25) is 9.58 Å². The van der Waals surface area contributed by atoms with Gasteiger partial charge in [0, 0.05) is 37.0 Å². The van der Waals surface area contributed by atoms with Gasteiger partial charge in [0.25, 0.3) is 0 Å². The maximum absolute atomic E-state index is 10.4. The first-order valence-electron chi connectivity index (χ1n) is 10.6. The Morgan fingerprint density at radius 3 is 2.69 bits per heavy atom. The van der Waals surface area contributed by atoms with Gasteiger partial charge in [0.2, 0.25) is 0 Å². The smallest absolute Gasteiger partial charge is 0.125 e. The molecule has 2 heterocycles. The molecule has 0 bridgehead atoms. The second-order valence-corrected chi connectivity index (χ2v) is 7.99. The molecule has 2 fully saturated rings. The maximum atomic E-state index is 10.4. The third kappa shape index (κ3) is 5.36. The van der Waals surface area contributed by atoms with Crippen LogP contribution in [0, 0.1) is 0 Å². The Kier molecular flexibility index (Phi) is 6.82. The molecule has 1 aromatic carbocycles. The standard InChI is InChI=1S/C22H31N3O4/c26-16-18-6-5-17(13-22(18)29-20-3-1-2-4-20)21-7-8-25(23-21)15-19(27)14-24-9-11-28-12-10-24/h5-8,13,19-20,26-27H,1-4,9-12,14-16H2. The van der Waals surface area contributed by atoms with Crippen LogP contribution in [0.5, 0.6) is 5.75 Å². The van der Waals surface area contributed by atoms with Gasteiger partial charge in [-0.1, -0.05) is 12.1 Å². The molecule has 1 saturated heterocycles. The Labute approximate surface area is 171 Å². The number of aliphatic hydroxyl groups is 2. The highest BCUT2D eigenvalue weighted by molar-refractivity contribution is 5.62. The Bertz CT molecular complexity index is 782. The van der Waals surface area contributed by atoms with Gasteiger partial charge < -0.3 is 19.7 Å². The number of ether oxygens (including phenoxy) is 2. The minimum absolute atomic E-state index is 0.0372. The summed E-state index contributed by atoms with van der Waals surface area (Å²) in [6.45, 7) is 4.23. The number of benzene rings is 1. The second kappa shape index (κ2) is 9.71. The Balaban J connectivity index is 1.41. The highest BCUT2D eigenvalue weighted by Gasteiger charge is 2.19. The van der Waals surface area contributed by atoms with Crippen molar-refractivity contribution < 1.29 is 19.7 Å². The van der Waals surface area contributed by atoms with Crippen LogP contribution in [0.4, 0.5) is 0 Å². The van der Waals surface area contributed by atoms with Crippen molar-refractivity contribution in [3.8, 4) is 17.0 Å². The number of nitrogens with zero attached hydrogens (tertiary/aromatic N) is 3. The Morgan fingerprint density at radius 1 is 1.14 bits per heavy atom. The molecule has 2 aliphatic rings. The van der Waals surface area contributed by atoms with Gasteiger partial charge in [-0.2, -0.15) is 5.10 Å². The molecule has 29 heavy (non-hydrogen) atoms. The molecule has 7 heteroatoms. The molecule has 1 unspecified atom stereocenters. The highest BCUT2D eigenvalue weighted by Crippen LogP contribution is 2.30. The van der Waals surface area contributed by atoms with Crippen LogP contribution in [0.2, 0.25) is 0 Å². The predicted molar refractivity (Wildman–Crippen MR) is 110 cm³/mol. The van der Waals surface area contributed by atoms with Gasteiger partial charge in [-0.05, 0) is 37.8 Å². The normalized spacial score (nSPS) is 19.5. The Hall–Kier alpha value is -1.93. The van der Waals surface area contributed by atoms with E-state index in [1.54, 1.807) is 4.68 Å². The fourth-order valence-electron chi connectivity index (χ4n) is 4.11. The van der Waals surface area contributed by atoms with Crippen LogP contribution in [-0.4, -0.2) is 69.9 Å². The van der Waals surface area contributed by atoms with Crippen molar-refractivity contribution >= 4 is 0 Å². The van der Waals surface area contributed by atoms with Crippen molar-refractivity contribution in [3.63, 3.8) is 0 Å². The molecule has 2 aromatic rings. The van der Waals surface area contributed by atoms with Crippen LogP contribution in [0.25, 0.3) is 11.3 Å². The molecule has 0 spiro atoms. The van der Waals surface area contributed by atoms with Crippen LogP contribution in [0.1, 0.15) is 31.2 Å². The Morgan fingerprint density at radius 2 is 1.93 bits per heavy atom. The fraction of sp³-hybridized carbons (Fsp3) is 0.591. The molecule has 2 N–H and O–H groups in total. The number of morpholine rings is 1. The molecular weight excluding hydrogens is 370 g/mol. The number of aromatic nitrogens is 2. The first kappa shape index (κ1) is 20.3. The van der Waals surface area contributed by atoms with E-state index in [9.17, 15) is 10.2 Å². The molecule has 0 radical (unpaired) electrons. The first-order chi connectivity index (χ1) is 14.2. The van der Waals surface area contributed by atoms with Gasteiger partial charge in [0.15, 0.2) is 0 Å². The topological polar surface area (TPSA) is 80.0 Å². The summed E-state index contributed by atoms with van der Waals surface area (Å²) >= 11 is 0. The van der Waals surface area contributed by atoms with E-state index >= 15 is 0 Å². The van der Waals surface area contributed by atoms with Crippen molar-refractivity contribution in [2.45, 2.75) is 51.0 Å². The monoisotopic (exact) mass is 401 g/mol. The zero-order valence-electron chi connectivity index (χ0n) is 16.9. The number of hydrogen-bond donors (Lipinski definition) is 2. The summed E-state index contributed by atoms with van der Waals surface area (Å²) in [6.07, 6.45) is 6.22. The third-order valence-corrected chi connectivity index (χ3v) is 5.74. The highest BCUT2D eigenvalue weighted by atomic mass is 16.5. The molecule has 1 atom stereocenters. The van der Waals surface area contributed by atoms with Crippen molar-refractivity contribution in [1.82, 2.24) is 14.7 Å². The summed E-state index contributed by atoms with van der Waals surface area (Å²) in [5.74, 6) is 0.749. The summed E-state index contributed by atoms with van der Waals surface area (Å²) in [5, 5.41) is 24.7. The molecule has 1 saturated carbocycles. The van der Waals surface area contributed by atoms with E-state index in [4.69, 9.17) is 9.47 Å². The molecule has 1 aliphatic carbocycles. The minimum atomic E-state index is -0.473. The molecule has 158 valence electrons. The SMILES string of the molecule is OCc1ccc(-c2ccn(CC(O)CN3CCOCC3)n2)cc1OC1CCCC1. The maximum Gasteiger partial charge on any atom is 0.125 e. The average Bonchev–Trinajstić information content (AvgIpc) is 3.41. The van der Waals surface area contributed by atoms with Gasteiger partial charge in [0.1, 0.15) is 5.75 Å². The average molecular weight is 402 g/mol. The summed E-state index contributed by atoms with van der Waals surface area (Å²) in [4.78, 5) is 2.22. The first-order valence-corrected chi connectivity index (χ1v) is 10.6. The molecule has 1 aliphatic heterocycles. The molecule has 1 aromatic heterocycles. The summed E-state index contributed by atoms with van der Waals surface area (Å²) < 4.78 is 13.3. The van der Waals surface area contributed by atoms with Gasteiger partial charge in [-0.25, -0.2) is 0 Å².